The van der Waals surface area contributed by atoms with Gasteiger partial charge in [0.25, 0.3) is 5.91 Å². The van der Waals surface area contributed by atoms with Crippen molar-refractivity contribution in [1.82, 2.24) is 19.9 Å². The van der Waals surface area contributed by atoms with Crippen LogP contribution in [0.5, 0.6) is 0 Å². The molecule has 0 bridgehead atoms. The number of nitrogens with one attached hydrogen (secondary N) is 2. The number of aromatic nitrogens is 3. The number of pyridine rings is 1. The van der Waals surface area contributed by atoms with Gasteiger partial charge in [-0.2, -0.15) is 0 Å². The van der Waals surface area contributed by atoms with Crippen molar-refractivity contribution in [2.45, 2.75) is 0 Å². The summed E-state index contributed by atoms with van der Waals surface area (Å²) in [7, 11) is 3.09. The summed E-state index contributed by atoms with van der Waals surface area (Å²) < 4.78 is 20.0. The van der Waals surface area contributed by atoms with E-state index >= 15 is 0 Å². The Bertz CT molecular complexity index is 1830. The van der Waals surface area contributed by atoms with E-state index in [9.17, 15) is 14.0 Å². The number of hydrogen-bond donors (Lipinski definition) is 2. The van der Waals surface area contributed by atoms with Crippen molar-refractivity contribution >= 4 is 40.0 Å². The third-order valence-corrected chi connectivity index (χ3v) is 7.25. The second-order valence-corrected chi connectivity index (χ2v) is 10.5. The Kier molecular flexibility index (Phi) is 8.11. The highest BCUT2D eigenvalue weighted by Crippen LogP contribution is 2.32. The van der Waals surface area contributed by atoms with Crippen LogP contribution in [0.1, 0.15) is 10.4 Å². The number of anilines is 3. The number of rotatable bonds is 6. The molecular formula is C33H30FN7O3. The van der Waals surface area contributed by atoms with Crippen molar-refractivity contribution in [1.29, 1.82) is 0 Å². The summed E-state index contributed by atoms with van der Waals surface area (Å²) >= 11 is 0. The minimum atomic E-state index is -0.717. The Balaban J connectivity index is 1.24. The highest BCUT2D eigenvalue weighted by molar-refractivity contribution is 6.01. The number of nitrogens with zero attached hydrogens (tertiary/aromatic N) is 5. The van der Waals surface area contributed by atoms with Crippen molar-refractivity contribution in [3.05, 3.63) is 96.6 Å². The molecule has 1 aliphatic rings. The van der Waals surface area contributed by atoms with Crippen LogP contribution in [-0.2, 0) is 4.74 Å². The molecule has 0 radical (unpaired) electrons. The second kappa shape index (κ2) is 12.4. The highest BCUT2D eigenvalue weighted by atomic mass is 19.1. The molecule has 1 saturated heterocycles. The lowest BCUT2D eigenvalue weighted by atomic mass is 10.0. The first-order chi connectivity index (χ1) is 21.4. The topological polar surface area (TPSA) is 113 Å². The number of carbonyl (C=O) groups is 2. The zero-order chi connectivity index (χ0) is 30.6. The molecule has 0 aliphatic carbocycles. The maximum Gasteiger partial charge on any atom is 0.323 e. The molecule has 2 aromatic heterocycles. The molecule has 0 saturated carbocycles. The van der Waals surface area contributed by atoms with Crippen molar-refractivity contribution in [3.8, 4) is 22.5 Å². The van der Waals surface area contributed by atoms with Crippen molar-refractivity contribution in [2.24, 2.45) is 0 Å². The van der Waals surface area contributed by atoms with Crippen LogP contribution in [0.2, 0.25) is 0 Å². The molecule has 3 amide bonds. The fourth-order valence-electron chi connectivity index (χ4n) is 4.97. The maximum absolute atomic E-state index is 14.5. The molecule has 0 unspecified atom stereocenters. The molecule has 6 rings (SSSR count). The number of benzene rings is 3. The fraction of sp³-hybridized carbons (Fsp3) is 0.182. The van der Waals surface area contributed by atoms with Crippen LogP contribution in [0.15, 0.2) is 85.2 Å². The van der Waals surface area contributed by atoms with E-state index in [0.29, 0.717) is 24.7 Å². The number of carbonyl (C=O) groups excluding carboxylic acids is 2. The lowest BCUT2D eigenvalue weighted by Gasteiger charge is -2.29. The first kappa shape index (κ1) is 28.7. The van der Waals surface area contributed by atoms with Crippen molar-refractivity contribution < 1.29 is 18.7 Å². The Labute approximate surface area is 253 Å². The monoisotopic (exact) mass is 591 g/mol. The second-order valence-electron chi connectivity index (χ2n) is 10.5. The molecule has 0 atom stereocenters. The maximum atomic E-state index is 14.5. The van der Waals surface area contributed by atoms with E-state index in [4.69, 9.17) is 14.7 Å². The molecule has 3 aromatic carbocycles. The minimum Gasteiger partial charge on any atom is -0.378 e. The van der Waals surface area contributed by atoms with E-state index in [1.54, 1.807) is 32.4 Å². The minimum absolute atomic E-state index is 0.0717. The van der Waals surface area contributed by atoms with Gasteiger partial charge in [0.2, 0.25) is 0 Å². The van der Waals surface area contributed by atoms with Gasteiger partial charge in [0.05, 0.1) is 24.3 Å². The first-order valence-corrected chi connectivity index (χ1v) is 14.1. The normalized spacial score (nSPS) is 13.0. The Morgan fingerprint density at radius 1 is 0.864 bits per heavy atom. The van der Waals surface area contributed by atoms with Crippen LogP contribution in [0, 0.1) is 5.82 Å². The van der Waals surface area contributed by atoms with Crippen LogP contribution in [0.3, 0.4) is 0 Å². The van der Waals surface area contributed by atoms with Crippen LogP contribution in [0.25, 0.3) is 33.4 Å². The Morgan fingerprint density at radius 2 is 1.59 bits per heavy atom. The van der Waals surface area contributed by atoms with E-state index in [1.807, 2.05) is 36.5 Å². The smallest absolute Gasteiger partial charge is 0.323 e. The van der Waals surface area contributed by atoms with Gasteiger partial charge >= 0.3 is 6.03 Å². The summed E-state index contributed by atoms with van der Waals surface area (Å²) in [5, 5.41) is 6.29. The van der Waals surface area contributed by atoms with E-state index in [2.05, 4.69) is 32.7 Å². The number of ether oxygens (including phenoxy) is 1. The molecular weight excluding hydrogens is 561 g/mol. The Morgan fingerprint density at radius 3 is 2.30 bits per heavy atom. The lowest BCUT2D eigenvalue weighted by molar-refractivity contribution is 0.0823. The van der Waals surface area contributed by atoms with Gasteiger partial charge in [0.1, 0.15) is 11.6 Å². The van der Waals surface area contributed by atoms with E-state index in [0.717, 1.165) is 52.6 Å². The fourth-order valence-corrected chi connectivity index (χ4v) is 4.97. The summed E-state index contributed by atoms with van der Waals surface area (Å²) in [5.41, 5.74) is 4.27. The number of fused-ring (bicyclic) bond motifs is 1. The highest BCUT2D eigenvalue weighted by Gasteiger charge is 2.19. The standard InChI is InChI=1S/C33H30FN7O3/c1-40(2)32(42)26-12-10-25(19-28(26)34)37-33(43)36-24-8-5-21(6-9-24)30-38-29-18-22(23-4-3-13-35-20-23)7-11-27(29)31(39-30)41-14-16-44-17-15-41/h3-13,18-20H,14-17H2,1-2H3,(H2,36,37,43). The van der Waals surface area contributed by atoms with Gasteiger partial charge in [-0.05, 0) is 66.2 Å². The average Bonchev–Trinajstić information content (AvgIpc) is 3.05. The summed E-state index contributed by atoms with van der Waals surface area (Å²) in [6, 6.07) is 20.6. The third kappa shape index (κ3) is 6.18. The molecule has 222 valence electrons. The predicted molar refractivity (Wildman–Crippen MR) is 168 cm³/mol. The molecule has 0 spiro atoms. The van der Waals surface area contributed by atoms with Crippen LogP contribution in [0.4, 0.5) is 26.4 Å². The molecule has 2 N–H and O–H groups in total. The number of morpholine rings is 1. The third-order valence-electron chi connectivity index (χ3n) is 7.25. The predicted octanol–water partition coefficient (Wildman–Crippen LogP) is 5.68. The van der Waals surface area contributed by atoms with Crippen LogP contribution in [-0.4, -0.2) is 72.2 Å². The van der Waals surface area contributed by atoms with E-state index < -0.39 is 17.8 Å². The number of amides is 3. The van der Waals surface area contributed by atoms with Crippen LogP contribution < -0.4 is 15.5 Å². The summed E-state index contributed by atoms with van der Waals surface area (Å²) in [5.74, 6) is 0.226. The number of hydrogen-bond acceptors (Lipinski definition) is 7. The SMILES string of the molecule is CN(C)C(=O)c1ccc(NC(=O)Nc2ccc(-c3nc(N4CCOCC4)c4ccc(-c5cccnc5)cc4n3)cc2)cc1F. The molecule has 1 aliphatic heterocycles. The van der Waals surface area contributed by atoms with Crippen LogP contribution >= 0.6 is 0 Å². The van der Waals surface area contributed by atoms with Crippen molar-refractivity contribution in [3.63, 3.8) is 0 Å². The molecule has 5 aromatic rings. The first-order valence-electron chi connectivity index (χ1n) is 14.1. The van der Waals surface area contributed by atoms with Gasteiger partial charge < -0.3 is 25.2 Å². The van der Waals surface area contributed by atoms with Crippen molar-refractivity contribution in [2.75, 3.05) is 55.9 Å². The van der Waals surface area contributed by atoms with Gasteiger partial charge in [-0.15, -0.1) is 0 Å². The summed E-state index contributed by atoms with van der Waals surface area (Å²) in [6.07, 6.45) is 3.57. The van der Waals surface area contributed by atoms with Gasteiger partial charge in [0, 0.05) is 67.5 Å². The molecule has 3 heterocycles. The lowest BCUT2D eigenvalue weighted by Crippen LogP contribution is -2.37. The average molecular weight is 592 g/mol. The van der Waals surface area contributed by atoms with Gasteiger partial charge in [-0.1, -0.05) is 12.1 Å². The summed E-state index contributed by atoms with van der Waals surface area (Å²) in [6.45, 7) is 2.71. The van der Waals surface area contributed by atoms with E-state index in [1.165, 1.54) is 17.0 Å². The van der Waals surface area contributed by atoms with Gasteiger partial charge in [-0.25, -0.2) is 19.2 Å². The van der Waals surface area contributed by atoms with Gasteiger partial charge in [0.15, 0.2) is 5.82 Å². The Hall–Kier alpha value is -5.42. The molecule has 10 nitrogen and oxygen atoms in total. The molecule has 44 heavy (non-hydrogen) atoms. The number of urea groups is 1. The largest absolute Gasteiger partial charge is 0.378 e. The van der Waals surface area contributed by atoms with Gasteiger partial charge in [-0.3, -0.25) is 9.78 Å². The summed E-state index contributed by atoms with van der Waals surface area (Å²) in [4.78, 5) is 42.3. The zero-order valence-corrected chi connectivity index (χ0v) is 24.3. The molecule has 1 fully saturated rings. The molecule has 11 heteroatoms. The van der Waals surface area contributed by atoms with E-state index in [-0.39, 0.29) is 11.3 Å². The number of halogens is 1. The quantitative estimate of drug-likeness (QED) is 0.261. The zero-order valence-electron chi connectivity index (χ0n) is 24.3.